The van der Waals surface area contributed by atoms with E-state index in [0.717, 1.165) is 53.6 Å². The van der Waals surface area contributed by atoms with Crippen LogP contribution in [0.2, 0.25) is 5.02 Å². The molecule has 1 aliphatic rings. The first kappa shape index (κ1) is 22.3. The van der Waals surface area contributed by atoms with Crippen molar-refractivity contribution in [2.24, 2.45) is 0 Å². The second-order valence-corrected chi connectivity index (χ2v) is 9.00. The van der Waals surface area contributed by atoms with Gasteiger partial charge in [0.05, 0.1) is 34.2 Å². The SMILES string of the molecule is CN1CCC(n2cc(Nc3c(CC=O)cnc4ccc(-c5cc(F)c(O)c(Cl)c5)cc34)cn2)C1. The fourth-order valence-corrected chi connectivity index (χ4v) is 4.62. The number of likely N-dealkylation sites (N-methyl/N-ethyl adjacent to an activating group) is 1. The van der Waals surface area contributed by atoms with E-state index in [9.17, 15) is 14.3 Å². The van der Waals surface area contributed by atoms with Gasteiger partial charge in [0.2, 0.25) is 0 Å². The summed E-state index contributed by atoms with van der Waals surface area (Å²) >= 11 is 5.99. The highest BCUT2D eigenvalue weighted by atomic mass is 35.5. The average molecular weight is 480 g/mol. The number of carbonyl (C=O) groups is 1. The fourth-order valence-electron chi connectivity index (χ4n) is 4.41. The molecule has 2 N–H and O–H groups in total. The van der Waals surface area contributed by atoms with Crippen LogP contribution in [-0.4, -0.2) is 51.2 Å². The van der Waals surface area contributed by atoms with Gasteiger partial charge in [-0.1, -0.05) is 17.7 Å². The standard InChI is InChI=1S/C25H23ClFN5O2/c1-31-6-4-19(14-31)32-13-18(12-29-32)30-24-16(5-7-33)11-28-23-3-2-15(8-20(23)24)17-9-21(26)25(34)22(27)10-17/h2-3,7-13,19,34H,4-6,14H2,1H3,(H,28,30). The van der Waals surface area contributed by atoms with Gasteiger partial charge in [0.15, 0.2) is 11.6 Å². The number of nitrogens with one attached hydrogen (secondary N) is 1. The lowest BCUT2D eigenvalue weighted by Crippen LogP contribution is -2.16. The molecule has 2 aromatic carbocycles. The molecule has 0 aliphatic carbocycles. The number of nitrogens with zero attached hydrogens (tertiary/aromatic N) is 4. The lowest BCUT2D eigenvalue weighted by molar-refractivity contribution is -0.107. The van der Waals surface area contributed by atoms with E-state index in [1.165, 1.54) is 12.1 Å². The van der Waals surface area contributed by atoms with Crippen LogP contribution in [0.4, 0.5) is 15.8 Å². The van der Waals surface area contributed by atoms with E-state index in [2.05, 4.69) is 27.3 Å². The number of pyridine rings is 1. The molecule has 174 valence electrons. The summed E-state index contributed by atoms with van der Waals surface area (Å²) in [6.45, 7) is 1.99. The number of phenols is 1. The first-order valence-electron chi connectivity index (χ1n) is 11.0. The molecule has 0 spiro atoms. The van der Waals surface area contributed by atoms with Gasteiger partial charge in [0.25, 0.3) is 0 Å². The summed E-state index contributed by atoms with van der Waals surface area (Å²) < 4.78 is 16.1. The number of rotatable bonds is 6. The Morgan fingerprint density at radius 3 is 2.85 bits per heavy atom. The second-order valence-electron chi connectivity index (χ2n) is 8.59. The summed E-state index contributed by atoms with van der Waals surface area (Å²) in [5.41, 5.74) is 4.22. The molecular formula is C25H23ClFN5O2. The van der Waals surface area contributed by atoms with Crippen molar-refractivity contribution in [1.82, 2.24) is 19.7 Å². The smallest absolute Gasteiger partial charge is 0.170 e. The van der Waals surface area contributed by atoms with Crippen molar-refractivity contribution in [2.45, 2.75) is 18.9 Å². The van der Waals surface area contributed by atoms with Gasteiger partial charge >= 0.3 is 0 Å². The third-order valence-electron chi connectivity index (χ3n) is 6.21. The molecule has 4 aromatic rings. The lowest BCUT2D eigenvalue weighted by Gasteiger charge is -2.14. The van der Waals surface area contributed by atoms with Gasteiger partial charge in [-0.05, 0) is 55.4 Å². The van der Waals surface area contributed by atoms with Crippen molar-refractivity contribution >= 4 is 40.2 Å². The van der Waals surface area contributed by atoms with Gasteiger partial charge < -0.3 is 20.1 Å². The Bertz CT molecular complexity index is 1370. The van der Waals surface area contributed by atoms with E-state index in [0.29, 0.717) is 17.2 Å². The van der Waals surface area contributed by atoms with Crippen LogP contribution in [0, 0.1) is 5.82 Å². The third kappa shape index (κ3) is 4.22. The van der Waals surface area contributed by atoms with Crippen molar-refractivity contribution in [3.05, 3.63) is 65.3 Å². The minimum absolute atomic E-state index is 0.0637. The number of phenolic OH excluding ortho intramolecular Hbond substituents is 1. The van der Waals surface area contributed by atoms with Gasteiger partial charge in [-0.15, -0.1) is 0 Å². The summed E-state index contributed by atoms with van der Waals surface area (Å²) in [6.07, 6.45) is 7.50. The van der Waals surface area contributed by atoms with E-state index in [4.69, 9.17) is 11.6 Å². The average Bonchev–Trinajstić information content (AvgIpc) is 3.47. The van der Waals surface area contributed by atoms with Gasteiger partial charge in [0.1, 0.15) is 6.29 Å². The molecule has 1 atom stereocenters. The monoisotopic (exact) mass is 479 g/mol. The van der Waals surface area contributed by atoms with Crippen LogP contribution in [0.25, 0.3) is 22.0 Å². The number of benzene rings is 2. The highest BCUT2D eigenvalue weighted by Crippen LogP contribution is 2.36. The van der Waals surface area contributed by atoms with Crippen LogP contribution in [0.1, 0.15) is 18.0 Å². The van der Waals surface area contributed by atoms with Crippen molar-refractivity contribution in [1.29, 1.82) is 0 Å². The number of hydrogen-bond donors (Lipinski definition) is 2. The van der Waals surface area contributed by atoms with Crippen molar-refractivity contribution in [3.63, 3.8) is 0 Å². The maximum absolute atomic E-state index is 14.1. The maximum atomic E-state index is 14.1. The van der Waals surface area contributed by atoms with Crippen molar-refractivity contribution in [3.8, 4) is 16.9 Å². The van der Waals surface area contributed by atoms with E-state index in [1.807, 2.05) is 29.1 Å². The molecule has 0 radical (unpaired) electrons. The normalized spacial score (nSPS) is 16.3. The highest BCUT2D eigenvalue weighted by Gasteiger charge is 2.22. The molecule has 0 saturated carbocycles. The number of fused-ring (bicyclic) bond motifs is 1. The molecule has 2 aromatic heterocycles. The molecule has 0 amide bonds. The Morgan fingerprint density at radius 2 is 2.12 bits per heavy atom. The predicted molar refractivity (Wildman–Crippen MR) is 130 cm³/mol. The predicted octanol–water partition coefficient (Wildman–Crippen LogP) is 4.96. The summed E-state index contributed by atoms with van der Waals surface area (Å²) in [6, 6.07) is 8.59. The minimum Gasteiger partial charge on any atom is -0.504 e. The molecule has 1 fully saturated rings. The Balaban J connectivity index is 1.57. The van der Waals surface area contributed by atoms with Crippen LogP contribution >= 0.6 is 11.6 Å². The zero-order valence-electron chi connectivity index (χ0n) is 18.5. The maximum Gasteiger partial charge on any atom is 0.170 e. The number of aromatic nitrogens is 3. The molecule has 1 aliphatic heterocycles. The topological polar surface area (TPSA) is 83.3 Å². The van der Waals surface area contributed by atoms with Gasteiger partial charge in [-0.25, -0.2) is 4.39 Å². The molecule has 3 heterocycles. The van der Waals surface area contributed by atoms with Gasteiger partial charge in [-0.3, -0.25) is 9.67 Å². The third-order valence-corrected chi connectivity index (χ3v) is 6.50. The molecule has 9 heteroatoms. The summed E-state index contributed by atoms with van der Waals surface area (Å²) in [5.74, 6) is -1.37. The van der Waals surface area contributed by atoms with Crippen molar-refractivity contribution in [2.75, 3.05) is 25.5 Å². The van der Waals surface area contributed by atoms with Crippen LogP contribution in [-0.2, 0) is 11.2 Å². The van der Waals surface area contributed by atoms with E-state index in [-0.39, 0.29) is 11.4 Å². The van der Waals surface area contributed by atoms with Gasteiger partial charge in [-0.2, -0.15) is 5.10 Å². The van der Waals surface area contributed by atoms with Crippen LogP contribution < -0.4 is 5.32 Å². The van der Waals surface area contributed by atoms with E-state index in [1.54, 1.807) is 12.4 Å². The number of halogens is 2. The summed E-state index contributed by atoms with van der Waals surface area (Å²) in [5, 5.41) is 18.4. The number of aromatic hydroxyl groups is 1. The number of carbonyl (C=O) groups excluding carboxylic acids is 1. The largest absolute Gasteiger partial charge is 0.504 e. The van der Waals surface area contributed by atoms with Gasteiger partial charge in [0, 0.05) is 36.3 Å². The fraction of sp³-hybridized carbons (Fsp3) is 0.240. The van der Waals surface area contributed by atoms with Crippen LogP contribution in [0.5, 0.6) is 5.75 Å². The highest BCUT2D eigenvalue weighted by molar-refractivity contribution is 6.32. The number of anilines is 2. The van der Waals surface area contributed by atoms with Crippen molar-refractivity contribution < 1.29 is 14.3 Å². The summed E-state index contributed by atoms with van der Waals surface area (Å²) in [7, 11) is 2.10. The zero-order valence-corrected chi connectivity index (χ0v) is 19.3. The molecule has 1 unspecified atom stereocenters. The first-order valence-corrected chi connectivity index (χ1v) is 11.3. The first-order chi connectivity index (χ1) is 16.4. The number of hydrogen-bond acceptors (Lipinski definition) is 6. The Morgan fingerprint density at radius 1 is 1.26 bits per heavy atom. The quantitative estimate of drug-likeness (QED) is 0.380. The Hall–Kier alpha value is -3.49. The Labute approximate surface area is 200 Å². The molecule has 34 heavy (non-hydrogen) atoms. The molecule has 1 saturated heterocycles. The molecular weight excluding hydrogens is 457 g/mol. The molecule has 7 nitrogen and oxygen atoms in total. The van der Waals surface area contributed by atoms with E-state index < -0.39 is 11.6 Å². The Kier molecular flexibility index (Phi) is 5.93. The van der Waals surface area contributed by atoms with Crippen LogP contribution in [0.3, 0.4) is 0 Å². The second kappa shape index (κ2) is 9.04. The molecule has 0 bridgehead atoms. The number of aldehydes is 1. The minimum atomic E-state index is -0.793. The lowest BCUT2D eigenvalue weighted by atomic mass is 10.00. The molecule has 5 rings (SSSR count). The van der Waals surface area contributed by atoms with Crippen LogP contribution in [0.15, 0.2) is 48.9 Å². The van der Waals surface area contributed by atoms with E-state index >= 15 is 0 Å². The number of likely N-dealkylation sites (tertiary alicyclic amines) is 1. The zero-order chi connectivity index (χ0) is 23.8. The summed E-state index contributed by atoms with van der Waals surface area (Å²) in [4.78, 5) is 18.1.